The van der Waals surface area contributed by atoms with Crippen LogP contribution in [0.3, 0.4) is 0 Å². The molecule has 32 heavy (non-hydrogen) atoms. The van der Waals surface area contributed by atoms with Crippen molar-refractivity contribution < 1.29 is 13.2 Å². The van der Waals surface area contributed by atoms with Crippen molar-refractivity contribution in [3.63, 3.8) is 0 Å². The largest absolute Gasteiger partial charge is 0.417 e. The van der Waals surface area contributed by atoms with Crippen LogP contribution in [0.5, 0.6) is 0 Å². The Morgan fingerprint density at radius 3 is 2.28 bits per heavy atom. The van der Waals surface area contributed by atoms with Gasteiger partial charge in [0.15, 0.2) is 0 Å². The van der Waals surface area contributed by atoms with Crippen LogP contribution in [-0.2, 0) is 19.1 Å². The highest BCUT2D eigenvalue weighted by Crippen LogP contribution is 2.36. The predicted molar refractivity (Wildman–Crippen MR) is 117 cm³/mol. The first-order valence-electron chi connectivity index (χ1n) is 9.53. The van der Waals surface area contributed by atoms with Gasteiger partial charge in [0.2, 0.25) is 0 Å². The van der Waals surface area contributed by atoms with Gasteiger partial charge >= 0.3 is 6.18 Å². The van der Waals surface area contributed by atoms with Crippen LogP contribution in [0, 0.1) is 11.3 Å². The van der Waals surface area contributed by atoms with Crippen LogP contribution in [0.4, 0.5) is 13.2 Å². The molecule has 2 aromatic carbocycles. The molecule has 0 bridgehead atoms. The first-order chi connectivity index (χ1) is 14.9. The zero-order chi connectivity index (χ0) is 21.8. The number of rotatable bonds is 5. The van der Waals surface area contributed by atoms with Gasteiger partial charge in [0, 0.05) is 30.1 Å². The maximum atomic E-state index is 13.3. The summed E-state index contributed by atoms with van der Waals surface area (Å²) < 4.78 is 41.8. The molecule has 0 unspecified atom stereocenters. The summed E-state index contributed by atoms with van der Waals surface area (Å²) in [6.07, 6.45) is 1.30. The number of alkyl halides is 3. The standard InChI is InChI=1S/C24H17F3N4.ClH/c25-24(26,27)22-4-2-1-3-21(22)23-10-9-19(13-30-23)15-31-16-29-14-20(31)11-17-5-7-18(12-28)8-6-17;/h1-10,13-14,16H,11,15H2;1H. The molecule has 0 spiro atoms. The molecule has 0 aliphatic heterocycles. The summed E-state index contributed by atoms with van der Waals surface area (Å²) in [5.41, 5.74) is 3.14. The Morgan fingerprint density at radius 1 is 0.906 bits per heavy atom. The van der Waals surface area contributed by atoms with E-state index in [1.165, 1.54) is 12.1 Å². The molecule has 8 heteroatoms. The van der Waals surface area contributed by atoms with Crippen LogP contribution in [0.1, 0.15) is 27.9 Å². The van der Waals surface area contributed by atoms with Crippen molar-refractivity contribution in [2.24, 2.45) is 0 Å². The molecule has 0 aliphatic rings. The Morgan fingerprint density at radius 2 is 1.62 bits per heavy atom. The zero-order valence-electron chi connectivity index (χ0n) is 16.8. The first-order valence-corrected chi connectivity index (χ1v) is 9.53. The van der Waals surface area contributed by atoms with Crippen molar-refractivity contribution in [1.82, 2.24) is 14.5 Å². The smallest absolute Gasteiger partial charge is 0.330 e. The fourth-order valence-corrected chi connectivity index (χ4v) is 3.37. The summed E-state index contributed by atoms with van der Waals surface area (Å²) in [5.74, 6) is 0. The van der Waals surface area contributed by atoms with Crippen LogP contribution in [0.25, 0.3) is 11.3 Å². The predicted octanol–water partition coefficient (Wildman–Crippen LogP) is 5.90. The van der Waals surface area contributed by atoms with E-state index in [0.29, 0.717) is 18.5 Å². The fraction of sp³-hybridized carbons (Fsp3) is 0.125. The molecule has 4 rings (SSSR count). The van der Waals surface area contributed by atoms with E-state index in [1.807, 2.05) is 16.7 Å². The molecule has 4 aromatic rings. The van der Waals surface area contributed by atoms with Crippen molar-refractivity contribution in [1.29, 1.82) is 5.26 Å². The van der Waals surface area contributed by atoms with Crippen LogP contribution in [0.15, 0.2) is 79.4 Å². The van der Waals surface area contributed by atoms with E-state index in [4.69, 9.17) is 5.26 Å². The van der Waals surface area contributed by atoms with Gasteiger partial charge in [-0.05, 0) is 35.4 Å². The molecule has 0 atom stereocenters. The van der Waals surface area contributed by atoms with Crippen molar-refractivity contribution in [2.75, 3.05) is 0 Å². The Kier molecular flexibility index (Phi) is 6.96. The second-order valence-electron chi connectivity index (χ2n) is 7.09. The Balaban J connectivity index is 0.00000289. The third-order valence-electron chi connectivity index (χ3n) is 4.95. The van der Waals surface area contributed by atoms with E-state index in [-0.39, 0.29) is 23.7 Å². The lowest BCUT2D eigenvalue weighted by atomic mass is 10.0. The molecule has 0 amide bonds. The summed E-state index contributed by atoms with van der Waals surface area (Å²) in [6.45, 7) is 0.500. The van der Waals surface area contributed by atoms with Gasteiger partial charge in [-0.1, -0.05) is 36.4 Å². The molecule has 162 valence electrons. The van der Waals surface area contributed by atoms with E-state index in [9.17, 15) is 13.2 Å². The summed E-state index contributed by atoms with van der Waals surface area (Å²) in [6, 6.07) is 18.3. The topological polar surface area (TPSA) is 54.5 Å². The fourth-order valence-electron chi connectivity index (χ4n) is 3.37. The number of aromatic nitrogens is 3. The van der Waals surface area contributed by atoms with Gasteiger partial charge in [0.1, 0.15) is 0 Å². The van der Waals surface area contributed by atoms with Crippen molar-refractivity contribution in [3.05, 3.63) is 107 Å². The maximum absolute atomic E-state index is 13.3. The molecule has 0 radical (unpaired) electrons. The van der Waals surface area contributed by atoms with Gasteiger partial charge in [0.05, 0.1) is 35.8 Å². The van der Waals surface area contributed by atoms with E-state index in [2.05, 4.69) is 16.0 Å². The van der Waals surface area contributed by atoms with Crippen LogP contribution in [0.2, 0.25) is 0 Å². The number of nitrogens with zero attached hydrogens (tertiary/aromatic N) is 4. The van der Waals surface area contributed by atoms with Gasteiger partial charge in [0.25, 0.3) is 0 Å². The van der Waals surface area contributed by atoms with E-state index in [1.54, 1.807) is 49.1 Å². The molecule has 0 saturated heterocycles. The lowest BCUT2D eigenvalue weighted by Gasteiger charge is -2.13. The molecule has 0 N–H and O–H groups in total. The molecule has 2 aromatic heterocycles. The van der Waals surface area contributed by atoms with Crippen LogP contribution < -0.4 is 0 Å². The van der Waals surface area contributed by atoms with Crippen LogP contribution >= 0.6 is 12.4 Å². The molecule has 0 saturated carbocycles. The van der Waals surface area contributed by atoms with Gasteiger partial charge < -0.3 is 4.57 Å². The number of halogens is 4. The second-order valence-corrected chi connectivity index (χ2v) is 7.09. The van der Waals surface area contributed by atoms with Crippen molar-refractivity contribution in [3.8, 4) is 17.3 Å². The number of imidazole rings is 1. The minimum atomic E-state index is -4.44. The molecule has 2 heterocycles. The van der Waals surface area contributed by atoms with Crippen LogP contribution in [-0.4, -0.2) is 14.5 Å². The maximum Gasteiger partial charge on any atom is 0.417 e. The Labute approximate surface area is 189 Å². The molecule has 4 nitrogen and oxygen atoms in total. The molecular weight excluding hydrogens is 437 g/mol. The number of nitriles is 1. The Hall–Kier alpha value is -3.63. The van der Waals surface area contributed by atoms with Crippen molar-refractivity contribution >= 4 is 12.4 Å². The summed E-state index contributed by atoms with van der Waals surface area (Å²) in [4.78, 5) is 8.49. The molecule has 0 aliphatic carbocycles. The molecule has 0 fully saturated rings. The average Bonchev–Trinajstić information content (AvgIpc) is 3.20. The van der Waals surface area contributed by atoms with E-state index < -0.39 is 11.7 Å². The number of pyridine rings is 1. The monoisotopic (exact) mass is 454 g/mol. The number of hydrogen-bond donors (Lipinski definition) is 0. The highest BCUT2D eigenvalue weighted by atomic mass is 35.5. The van der Waals surface area contributed by atoms with Gasteiger partial charge in [-0.15, -0.1) is 12.4 Å². The number of benzene rings is 2. The number of hydrogen-bond acceptors (Lipinski definition) is 3. The van der Waals surface area contributed by atoms with Gasteiger partial charge in [-0.3, -0.25) is 4.98 Å². The van der Waals surface area contributed by atoms with E-state index >= 15 is 0 Å². The van der Waals surface area contributed by atoms with Gasteiger partial charge in [-0.2, -0.15) is 18.4 Å². The summed E-state index contributed by atoms with van der Waals surface area (Å²) >= 11 is 0. The first kappa shape index (κ1) is 23.0. The highest BCUT2D eigenvalue weighted by molar-refractivity contribution is 5.85. The summed E-state index contributed by atoms with van der Waals surface area (Å²) in [7, 11) is 0. The lowest BCUT2D eigenvalue weighted by molar-refractivity contribution is -0.137. The second kappa shape index (κ2) is 9.67. The summed E-state index contributed by atoms with van der Waals surface area (Å²) in [5, 5.41) is 8.91. The Bertz CT molecular complexity index is 1220. The highest BCUT2D eigenvalue weighted by Gasteiger charge is 2.33. The third kappa shape index (κ3) is 5.16. The van der Waals surface area contributed by atoms with Crippen molar-refractivity contribution in [2.45, 2.75) is 19.1 Å². The average molecular weight is 455 g/mol. The van der Waals surface area contributed by atoms with Gasteiger partial charge in [-0.25, -0.2) is 4.98 Å². The SMILES string of the molecule is Cl.N#Cc1ccc(Cc2cncn2Cc2ccc(-c3ccccc3C(F)(F)F)nc2)cc1. The minimum absolute atomic E-state index is 0. The lowest BCUT2D eigenvalue weighted by Crippen LogP contribution is -2.07. The normalized spacial score (nSPS) is 10.9. The zero-order valence-corrected chi connectivity index (χ0v) is 17.6. The quantitative estimate of drug-likeness (QED) is 0.377. The third-order valence-corrected chi connectivity index (χ3v) is 4.95. The minimum Gasteiger partial charge on any atom is -0.330 e. The molecular formula is C24H18ClF3N4. The van der Waals surface area contributed by atoms with E-state index in [0.717, 1.165) is 22.9 Å².